The molecule has 2 aromatic heterocycles. The van der Waals surface area contributed by atoms with E-state index < -0.39 is 12.0 Å². The van der Waals surface area contributed by atoms with Crippen molar-refractivity contribution in [2.75, 3.05) is 25.0 Å². The molecule has 1 fully saturated rings. The molecule has 1 saturated heterocycles. The SMILES string of the molecule is Cc1ccc2c(c1)C1CN(C)CCC1N2C(=O)c1nc(C)n(-c2n[nH]c(C(F)(F)F)n2)n1. The fraction of sp³-hybridized carbons (Fsp3) is 0.450. The van der Waals surface area contributed by atoms with E-state index >= 15 is 0 Å². The molecule has 2 unspecified atom stereocenters. The molecule has 0 aliphatic carbocycles. The van der Waals surface area contributed by atoms with E-state index in [-0.39, 0.29) is 35.5 Å². The smallest absolute Gasteiger partial charge is 0.306 e. The van der Waals surface area contributed by atoms with Gasteiger partial charge in [0.05, 0.1) is 0 Å². The number of fused-ring (bicyclic) bond motifs is 3. The highest BCUT2D eigenvalue weighted by atomic mass is 19.4. The van der Waals surface area contributed by atoms with Gasteiger partial charge in [-0.1, -0.05) is 17.7 Å². The van der Waals surface area contributed by atoms with Crippen LogP contribution in [0, 0.1) is 13.8 Å². The molecule has 1 aromatic carbocycles. The van der Waals surface area contributed by atoms with E-state index in [9.17, 15) is 18.0 Å². The number of rotatable bonds is 2. The lowest BCUT2D eigenvalue weighted by Crippen LogP contribution is -2.47. The van der Waals surface area contributed by atoms with Crippen LogP contribution in [-0.4, -0.2) is 66.9 Å². The Bertz CT molecular complexity index is 1200. The second-order valence-electron chi connectivity index (χ2n) is 8.34. The van der Waals surface area contributed by atoms with Gasteiger partial charge in [-0.15, -0.1) is 10.2 Å². The Labute approximate surface area is 181 Å². The van der Waals surface area contributed by atoms with Gasteiger partial charge in [-0.25, -0.2) is 4.98 Å². The number of nitrogens with one attached hydrogen (secondary N) is 1. The van der Waals surface area contributed by atoms with Crippen molar-refractivity contribution in [2.24, 2.45) is 0 Å². The first kappa shape index (κ1) is 20.6. The third kappa shape index (κ3) is 3.25. The lowest BCUT2D eigenvalue weighted by atomic mass is 9.89. The van der Waals surface area contributed by atoms with Crippen LogP contribution in [0.5, 0.6) is 0 Å². The monoisotopic (exact) mass is 446 g/mol. The maximum Gasteiger partial charge on any atom is 0.451 e. The first-order chi connectivity index (χ1) is 15.1. The molecule has 12 heteroatoms. The molecular formula is C20H21F3N8O. The molecule has 1 N–H and O–H groups in total. The second kappa shape index (κ2) is 7.12. The van der Waals surface area contributed by atoms with Crippen LogP contribution in [0.4, 0.5) is 18.9 Å². The van der Waals surface area contributed by atoms with E-state index in [1.54, 1.807) is 4.90 Å². The molecule has 2 aliphatic heterocycles. The number of alkyl halides is 3. The molecule has 2 aliphatic rings. The highest BCUT2D eigenvalue weighted by molar-refractivity contribution is 6.05. The van der Waals surface area contributed by atoms with Gasteiger partial charge < -0.3 is 9.80 Å². The van der Waals surface area contributed by atoms with Crippen LogP contribution in [0.3, 0.4) is 0 Å². The van der Waals surface area contributed by atoms with Gasteiger partial charge in [0.2, 0.25) is 11.6 Å². The van der Waals surface area contributed by atoms with Gasteiger partial charge in [0.25, 0.3) is 11.9 Å². The van der Waals surface area contributed by atoms with E-state index in [1.807, 2.05) is 24.2 Å². The number of benzene rings is 1. The molecular weight excluding hydrogens is 425 g/mol. The molecule has 0 bridgehead atoms. The number of H-pyrrole nitrogens is 1. The lowest BCUT2D eigenvalue weighted by Gasteiger charge is -2.36. The Morgan fingerprint density at radius 2 is 2.00 bits per heavy atom. The zero-order valence-corrected chi connectivity index (χ0v) is 17.7. The number of aryl methyl sites for hydroxylation is 2. The molecule has 32 heavy (non-hydrogen) atoms. The fourth-order valence-corrected chi connectivity index (χ4v) is 4.60. The van der Waals surface area contributed by atoms with E-state index in [4.69, 9.17) is 0 Å². The zero-order valence-electron chi connectivity index (χ0n) is 17.7. The Hall–Kier alpha value is -3.28. The summed E-state index contributed by atoms with van der Waals surface area (Å²) in [6.07, 6.45) is -3.87. The van der Waals surface area contributed by atoms with Gasteiger partial charge in [0.15, 0.2) is 0 Å². The maximum atomic E-state index is 13.5. The summed E-state index contributed by atoms with van der Waals surface area (Å²) in [4.78, 5) is 25.2. The number of carbonyl (C=O) groups excluding carboxylic acids is 1. The Morgan fingerprint density at radius 3 is 2.72 bits per heavy atom. The number of likely N-dealkylation sites (N-methyl/N-ethyl adjacent to an activating group) is 1. The first-order valence-corrected chi connectivity index (χ1v) is 10.2. The number of hydrogen-bond donors (Lipinski definition) is 1. The zero-order chi connectivity index (χ0) is 22.8. The average molecular weight is 446 g/mol. The van der Waals surface area contributed by atoms with Crippen molar-refractivity contribution in [3.8, 4) is 5.95 Å². The topological polar surface area (TPSA) is 95.8 Å². The average Bonchev–Trinajstić information content (AvgIpc) is 3.42. The summed E-state index contributed by atoms with van der Waals surface area (Å²) in [7, 11) is 2.06. The number of aromatic amines is 1. The quantitative estimate of drug-likeness (QED) is 0.650. The molecule has 2 atom stereocenters. The number of hydrogen-bond acceptors (Lipinski definition) is 6. The third-order valence-electron chi connectivity index (χ3n) is 6.06. The van der Waals surface area contributed by atoms with Crippen LogP contribution in [-0.2, 0) is 6.18 Å². The van der Waals surface area contributed by atoms with Crippen LogP contribution in [0.2, 0.25) is 0 Å². The summed E-state index contributed by atoms with van der Waals surface area (Å²) in [6.45, 7) is 5.25. The summed E-state index contributed by atoms with van der Waals surface area (Å²) in [6, 6.07) is 5.99. The number of aromatic nitrogens is 6. The van der Waals surface area contributed by atoms with Gasteiger partial charge in [0, 0.05) is 24.2 Å². The molecule has 1 amide bonds. The predicted octanol–water partition coefficient (Wildman–Crippen LogP) is 2.47. The van der Waals surface area contributed by atoms with Gasteiger partial charge in [0.1, 0.15) is 5.82 Å². The van der Waals surface area contributed by atoms with Gasteiger partial charge >= 0.3 is 6.18 Å². The molecule has 0 saturated carbocycles. The van der Waals surface area contributed by atoms with E-state index in [0.29, 0.717) is 0 Å². The number of nitrogens with zero attached hydrogens (tertiary/aromatic N) is 7. The minimum Gasteiger partial charge on any atom is -0.306 e. The number of carbonyl (C=O) groups is 1. The number of amides is 1. The van der Waals surface area contributed by atoms with E-state index in [0.717, 1.165) is 41.0 Å². The minimum absolute atomic E-state index is 0.0249. The number of likely N-dealkylation sites (tertiary alicyclic amines) is 1. The Kier molecular flexibility index (Phi) is 4.59. The van der Waals surface area contributed by atoms with Gasteiger partial charge in [-0.2, -0.15) is 22.8 Å². The lowest BCUT2D eigenvalue weighted by molar-refractivity contribution is -0.144. The summed E-state index contributed by atoms with van der Waals surface area (Å²) >= 11 is 0. The van der Waals surface area contributed by atoms with Crippen molar-refractivity contribution in [1.82, 2.24) is 34.8 Å². The van der Waals surface area contributed by atoms with Crippen molar-refractivity contribution < 1.29 is 18.0 Å². The van der Waals surface area contributed by atoms with Crippen molar-refractivity contribution in [1.29, 1.82) is 0 Å². The highest BCUT2D eigenvalue weighted by Crippen LogP contribution is 2.45. The molecule has 0 radical (unpaired) electrons. The standard InChI is InChI=1S/C20H21F3N8O/c1-10-4-5-14-12(8-10)13-9-29(3)7-6-15(13)30(14)17(32)16-24-11(2)31(28-16)19-25-18(26-27-19)20(21,22)23/h4-5,8,13,15H,6-7,9H2,1-3H3,(H,25,26,27). The largest absolute Gasteiger partial charge is 0.451 e. The van der Waals surface area contributed by atoms with Crippen molar-refractivity contribution in [3.05, 3.63) is 46.8 Å². The van der Waals surface area contributed by atoms with Crippen LogP contribution < -0.4 is 4.90 Å². The Morgan fingerprint density at radius 1 is 1.22 bits per heavy atom. The Balaban J connectivity index is 1.51. The molecule has 0 spiro atoms. The third-order valence-corrected chi connectivity index (χ3v) is 6.06. The number of halogens is 3. The number of piperidine rings is 1. The normalized spacial score (nSPS) is 21.0. The van der Waals surface area contributed by atoms with Crippen molar-refractivity contribution in [2.45, 2.75) is 38.4 Å². The molecule has 4 heterocycles. The molecule has 9 nitrogen and oxygen atoms in total. The van der Waals surface area contributed by atoms with Crippen LogP contribution in [0.25, 0.3) is 5.95 Å². The molecule has 168 valence electrons. The molecule has 5 rings (SSSR count). The highest BCUT2D eigenvalue weighted by Gasteiger charge is 2.45. The summed E-state index contributed by atoms with van der Waals surface area (Å²) in [5.74, 6) is -1.67. The van der Waals surface area contributed by atoms with Crippen molar-refractivity contribution in [3.63, 3.8) is 0 Å². The van der Waals surface area contributed by atoms with Crippen molar-refractivity contribution >= 4 is 11.6 Å². The van der Waals surface area contributed by atoms with Gasteiger partial charge in [-0.05, 0) is 45.5 Å². The van der Waals surface area contributed by atoms with Crippen LogP contribution in [0.15, 0.2) is 18.2 Å². The van der Waals surface area contributed by atoms with E-state index in [1.165, 1.54) is 6.92 Å². The summed E-state index contributed by atoms with van der Waals surface area (Å²) in [5, 5.41) is 9.58. The van der Waals surface area contributed by atoms with Gasteiger partial charge in [-0.3, -0.25) is 9.89 Å². The summed E-state index contributed by atoms with van der Waals surface area (Å²) in [5.41, 5.74) is 3.07. The predicted molar refractivity (Wildman–Crippen MR) is 108 cm³/mol. The maximum absolute atomic E-state index is 13.5. The number of anilines is 1. The van der Waals surface area contributed by atoms with Crippen LogP contribution in [0.1, 0.15) is 45.7 Å². The summed E-state index contributed by atoms with van der Waals surface area (Å²) < 4.78 is 39.6. The van der Waals surface area contributed by atoms with E-state index in [2.05, 4.69) is 38.2 Å². The second-order valence-corrected chi connectivity index (χ2v) is 8.34. The molecule has 3 aromatic rings. The minimum atomic E-state index is -4.67. The van der Waals surface area contributed by atoms with Crippen LogP contribution >= 0.6 is 0 Å². The first-order valence-electron chi connectivity index (χ1n) is 10.2. The fourth-order valence-electron chi connectivity index (χ4n) is 4.60.